The maximum atomic E-state index is 11.8. The van der Waals surface area contributed by atoms with Gasteiger partial charge in [-0.05, 0) is 39.2 Å². The first kappa shape index (κ1) is 16.7. The fourth-order valence-corrected chi connectivity index (χ4v) is 1.96. The normalized spacial score (nSPS) is 17.1. The zero-order chi connectivity index (χ0) is 12.0. The summed E-state index contributed by atoms with van der Waals surface area (Å²) in [5, 5.41) is 0. The number of likely N-dealkylation sites (tertiary alicyclic amines) is 1. The van der Waals surface area contributed by atoms with Gasteiger partial charge in [-0.25, -0.2) is 0 Å². The third kappa shape index (κ3) is 6.24. The van der Waals surface area contributed by atoms with E-state index in [1.807, 2.05) is 18.7 Å². The summed E-state index contributed by atoms with van der Waals surface area (Å²) < 4.78 is 5.38. The smallest absolute Gasteiger partial charge is 0.224 e. The van der Waals surface area contributed by atoms with Crippen molar-refractivity contribution in [3.05, 3.63) is 0 Å². The number of piperidine rings is 1. The van der Waals surface area contributed by atoms with Gasteiger partial charge in [-0.1, -0.05) is 0 Å². The molecule has 0 aromatic heterocycles. The van der Waals surface area contributed by atoms with Crippen LogP contribution in [0.15, 0.2) is 0 Å². The average Bonchev–Trinajstić information content (AvgIpc) is 2.28. The van der Waals surface area contributed by atoms with Crippen molar-refractivity contribution in [1.29, 1.82) is 0 Å². The lowest BCUT2D eigenvalue weighted by Crippen LogP contribution is -2.40. The average molecular weight is 265 g/mol. The highest BCUT2D eigenvalue weighted by atomic mass is 35.5. The molecular formula is C12H25ClN2O2. The molecule has 1 aliphatic rings. The SMILES string of the molecule is CC(C)OCCC(=O)N1CCC(CN)CC1.Cl. The van der Waals surface area contributed by atoms with Gasteiger partial charge in [0.05, 0.1) is 19.1 Å². The zero-order valence-corrected chi connectivity index (χ0v) is 11.7. The molecule has 1 fully saturated rings. The Kier molecular flexibility index (Phi) is 8.56. The summed E-state index contributed by atoms with van der Waals surface area (Å²) in [6, 6.07) is 0. The first-order chi connectivity index (χ1) is 7.63. The summed E-state index contributed by atoms with van der Waals surface area (Å²) in [6.07, 6.45) is 2.81. The lowest BCUT2D eigenvalue weighted by atomic mass is 9.97. The van der Waals surface area contributed by atoms with Crippen LogP contribution in [0.1, 0.15) is 33.1 Å². The quantitative estimate of drug-likeness (QED) is 0.817. The van der Waals surface area contributed by atoms with E-state index in [1.165, 1.54) is 0 Å². The molecule has 1 heterocycles. The largest absolute Gasteiger partial charge is 0.378 e. The minimum atomic E-state index is 0. The number of halogens is 1. The van der Waals surface area contributed by atoms with Crippen LogP contribution in [0.2, 0.25) is 0 Å². The maximum Gasteiger partial charge on any atom is 0.224 e. The minimum absolute atomic E-state index is 0. The molecule has 0 radical (unpaired) electrons. The highest BCUT2D eigenvalue weighted by Crippen LogP contribution is 2.16. The van der Waals surface area contributed by atoms with Gasteiger partial charge in [0.15, 0.2) is 0 Å². The van der Waals surface area contributed by atoms with Gasteiger partial charge < -0.3 is 15.4 Å². The standard InChI is InChI=1S/C12H24N2O2.ClH/c1-10(2)16-8-5-12(15)14-6-3-11(9-13)4-7-14;/h10-11H,3-9,13H2,1-2H3;1H. The topological polar surface area (TPSA) is 55.6 Å². The van der Waals surface area contributed by atoms with Gasteiger partial charge in [0, 0.05) is 13.1 Å². The molecule has 0 spiro atoms. The number of carbonyl (C=O) groups is 1. The summed E-state index contributed by atoms with van der Waals surface area (Å²) in [6.45, 7) is 6.98. The zero-order valence-electron chi connectivity index (χ0n) is 10.9. The van der Waals surface area contributed by atoms with Crippen molar-refractivity contribution in [1.82, 2.24) is 4.90 Å². The molecule has 1 saturated heterocycles. The molecule has 0 atom stereocenters. The second-order valence-electron chi connectivity index (χ2n) is 4.73. The van der Waals surface area contributed by atoms with Crippen LogP contribution in [-0.4, -0.2) is 43.2 Å². The number of rotatable bonds is 5. The van der Waals surface area contributed by atoms with Gasteiger partial charge >= 0.3 is 0 Å². The van der Waals surface area contributed by atoms with E-state index in [0.29, 0.717) is 18.9 Å². The molecule has 4 nitrogen and oxygen atoms in total. The highest BCUT2D eigenvalue weighted by molar-refractivity contribution is 5.85. The molecule has 102 valence electrons. The van der Waals surface area contributed by atoms with Gasteiger partial charge in [0.2, 0.25) is 5.91 Å². The van der Waals surface area contributed by atoms with E-state index in [-0.39, 0.29) is 24.4 Å². The number of hydrogen-bond donors (Lipinski definition) is 1. The van der Waals surface area contributed by atoms with Crippen molar-refractivity contribution in [3.8, 4) is 0 Å². The van der Waals surface area contributed by atoms with Crippen molar-refractivity contribution >= 4 is 18.3 Å². The summed E-state index contributed by atoms with van der Waals surface area (Å²) in [4.78, 5) is 13.7. The fourth-order valence-electron chi connectivity index (χ4n) is 1.96. The Labute approximate surface area is 110 Å². The van der Waals surface area contributed by atoms with Gasteiger partial charge in [-0.3, -0.25) is 4.79 Å². The Morgan fingerprint density at radius 3 is 2.47 bits per heavy atom. The minimum Gasteiger partial charge on any atom is -0.378 e. The van der Waals surface area contributed by atoms with Crippen LogP contribution in [-0.2, 0) is 9.53 Å². The van der Waals surface area contributed by atoms with E-state index in [9.17, 15) is 4.79 Å². The van der Waals surface area contributed by atoms with Crippen LogP contribution >= 0.6 is 12.4 Å². The Balaban J connectivity index is 0.00000256. The van der Waals surface area contributed by atoms with Crippen molar-refractivity contribution in [2.24, 2.45) is 11.7 Å². The number of nitrogens with zero attached hydrogens (tertiary/aromatic N) is 1. The molecule has 1 amide bonds. The monoisotopic (exact) mass is 264 g/mol. The number of amides is 1. The van der Waals surface area contributed by atoms with Crippen molar-refractivity contribution in [2.75, 3.05) is 26.2 Å². The van der Waals surface area contributed by atoms with Crippen molar-refractivity contribution < 1.29 is 9.53 Å². The molecule has 0 aliphatic carbocycles. The predicted molar refractivity (Wildman–Crippen MR) is 71.3 cm³/mol. The molecule has 17 heavy (non-hydrogen) atoms. The van der Waals surface area contributed by atoms with Gasteiger partial charge in [0.25, 0.3) is 0 Å². The van der Waals surface area contributed by atoms with E-state index in [2.05, 4.69) is 0 Å². The Bertz CT molecular complexity index is 217. The first-order valence-corrected chi connectivity index (χ1v) is 6.23. The van der Waals surface area contributed by atoms with Crippen molar-refractivity contribution in [3.63, 3.8) is 0 Å². The van der Waals surface area contributed by atoms with E-state index in [1.54, 1.807) is 0 Å². The number of nitrogens with two attached hydrogens (primary N) is 1. The van der Waals surface area contributed by atoms with E-state index >= 15 is 0 Å². The highest BCUT2D eigenvalue weighted by Gasteiger charge is 2.21. The first-order valence-electron chi connectivity index (χ1n) is 6.23. The molecule has 1 aliphatic heterocycles. The summed E-state index contributed by atoms with van der Waals surface area (Å²) in [7, 11) is 0. The molecular weight excluding hydrogens is 240 g/mol. The fraction of sp³-hybridized carbons (Fsp3) is 0.917. The van der Waals surface area contributed by atoms with E-state index < -0.39 is 0 Å². The van der Waals surface area contributed by atoms with Gasteiger partial charge in [-0.15, -0.1) is 12.4 Å². The third-order valence-corrected chi connectivity index (χ3v) is 3.07. The molecule has 2 N–H and O–H groups in total. The Hall–Kier alpha value is -0.320. The number of carbonyl (C=O) groups excluding carboxylic acids is 1. The van der Waals surface area contributed by atoms with Crippen LogP contribution in [0, 0.1) is 5.92 Å². The molecule has 1 rings (SSSR count). The summed E-state index contributed by atoms with van der Waals surface area (Å²) in [5.41, 5.74) is 5.61. The molecule has 0 aromatic rings. The Morgan fingerprint density at radius 1 is 1.41 bits per heavy atom. The van der Waals surface area contributed by atoms with Crippen LogP contribution in [0.3, 0.4) is 0 Å². The maximum absolute atomic E-state index is 11.8. The molecule has 0 aromatic carbocycles. The van der Waals surface area contributed by atoms with Gasteiger partial charge in [0.1, 0.15) is 0 Å². The summed E-state index contributed by atoms with van der Waals surface area (Å²) in [5.74, 6) is 0.826. The molecule has 0 saturated carbocycles. The summed E-state index contributed by atoms with van der Waals surface area (Å²) >= 11 is 0. The van der Waals surface area contributed by atoms with Crippen LogP contribution in [0.5, 0.6) is 0 Å². The predicted octanol–water partition coefficient (Wildman–Crippen LogP) is 1.42. The molecule has 5 heteroatoms. The molecule has 0 unspecified atom stereocenters. The molecule has 0 bridgehead atoms. The van der Waals surface area contributed by atoms with E-state index in [4.69, 9.17) is 10.5 Å². The number of hydrogen-bond acceptors (Lipinski definition) is 3. The van der Waals surface area contributed by atoms with Crippen LogP contribution < -0.4 is 5.73 Å². The lowest BCUT2D eigenvalue weighted by molar-refractivity contribution is -0.134. The van der Waals surface area contributed by atoms with Gasteiger partial charge in [-0.2, -0.15) is 0 Å². The van der Waals surface area contributed by atoms with Crippen molar-refractivity contribution in [2.45, 2.75) is 39.2 Å². The lowest BCUT2D eigenvalue weighted by Gasteiger charge is -2.31. The third-order valence-electron chi connectivity index (χ3n) is 3.07. The number of ether oxygens (including phenoxy) is 1. The van der Waals surface area contributed by atoms with Crippen LogP contribution in [0.25, 0.3) is 0 Å². The van der Waals surface area contributed by atoms with E-state index in [0.717, 1.165) is 32.5 Å². The van der Waals surface area contributed by atoms with Crippen LogP contribution in [0.4, 0.5) is 0 Å². The Morgan fingerprint density at radius 2 is 2.00 bits per heavy atom. The second kappa shape index (κ2) is 8.72. The second-order valence-corrected chi connectivity index (χ2v) is 4.73.